The van der Waals surface area contributed by atoms with Gasteiger partial charge in [0.1, 0.15) is 11.6 Å². The largest absolute Gasteiger partial charge is 0.351 e. The molecule has 0 fully saturated rings. The van der Waals surface area contributed by atoms with Crippen molar-refractivity contribution in [2.24, 2.45) is 0 Å². The van der Waals surface area contributed by atoms with Gasteiger partial charge in [0.2, 0.25) is 11.9 Å². The average Bonchev–Trinajstić information content (AvgIpc) is 4.20. The van der Waals surface area contributed by atoms with Crippen LogP contribution in [0.5, 0.6) is 0 Å². The SMILES string of the molecule is CC(C)c1cnn2c(N[C@@H]3CCC4=C(C=C(c5ccccc5)C4)C3)nc(-c3cncc(F)c3)nc12.CC(C)c1cnn2c(N[C@H]3CCC4=C(C=C(c5ccccc5)C4)C3)nc(-c3cncc(F)c3)nc12. The second kappa shape index (κ2) is 19.0. The second-order valence-corrected chi connectivity index (χ2v) is 19.4. The van der Waals surface area contributed by atoms with Gasteiger partial charge in [-0.25, -0.2) is 18.7 Å². The number of nitrogens with one attached hydrogen (secondary N) is 2. The zero-order valence-electron chi connectivity index (χ0n) is 39.7. The molecule has 12 rings (SSSR count). The van der Waals surface area contributed by atoms with Crippen molar-refractivity contribution in [1.82, 2.24) is 49.1 Å². The van der Waals surface area contributed by atoms with Crippen molar-refractivity contribution in [2.45, 2.75) is 103 Å². The van der Waals surface area contributed by atoms with Crippen molar-refractivity contribution in [1.29, 1.82) is 0 Å². The van der Waals surface area contributed by atoms with Crippen molar-refractivity contribution in [2.75, 3.05) is 10.6 Å². The van der Waals surface area contributed by atoms with Crippen molar-refractivity contribution in [3.05, 3.63) is 178 Å². The highest BCUT2D eigenvalue weighted by molar-refractivity contribution is 5.76. The molecule has 4 aliphatic carbocycles. The molecule has 8 aromatic rings. The lowest BCUT2D eigenvalue weighted by Gasteiger charge is -2.25. The van der Waals surface area contributed by atoms with Crippen LogP contribution in [0.4, 0.5) is 20.7 Å². The van der Waals surface area contributed by atoms with E-state index >= 15 is 0 Å². The van der Waals surface area contributed by atoms with Gasteiger partial charge in [-0.3, -0.25) is 9.97 Å². The monoisotopic (exact) mass is 932 g/mol. The number of rotatable bonds is 10. The molecule has 2 aromatic carbocycles. The Morgan fingerprint density at radius 2 is 0.957 bits per heavy atom. The lowest BCUT2D eigenvalue weighted by molar-refractivity contribution is 0.601. The highest BCUT2D eigenvalue weighted by Gasteiger charge is 2.29. The third-order valence-electron chi connectivity index (χ3n) is 13.9. The maximum Gasteiger partial charge on any atom is 0.228 e. The average molecular weight is 933 g/mol. The van der Waals surface area contributed by atoms with Crippen LogP contribution in [-0.4, -0.2) is 61.2 Å². The minimum absolute atomic E-state index is 0.225. The van der Waals surface area contributed by atoms with E-state index in [1.165, 1.54) is 57.9 Å². The minimum Gasteiger partial charge on any atom is -0.351 e. The topological polar surface area (TPSA) is 136 Å². The Hall–Kier alpha value is -7.74. The Labute approximate surface area is 405 Å². The second-order valence-electron chi connectivity index (χ2n) is 19.4. The summed E-state index contributed by atoms with van der Waals surface area (Å²) in [7, 11) is 0. The van der Waals surface area contributed by atoms with Crippen molar-refractivity contribution >= 4 is 34.3 Å². The molecule has 0 aliphatic heterocycles. The first-order valence-corrected chi connectivity index (χ1v) is 24.3. The van der Waals surface area contributed by atoms with Gasteiger partial charge in [-0.05, 0) is 109 Å². The van der Waals surface area contributed by atoms with E-state index in [-0.39, 0.29) is 23.9 Å². The Morgan fingerprint density at radius 3 is 1.36 bits per heavy atom. The fourth-order valence-corrected chi connectivity index (χ4v) is 10.2. The molecule has 14 heteroatoms. The fraction of sp³-hybridized carbons (Fsp3) is 0.286. The number of benzene rings is 2. The van der Waals surface area contributed by atoms with Crippen LogP contribution in [0, 0.1) is 11.6 Å². The highest BCUT2D eigenvalue weighted by atomic mass is 19.1. The maximum absolute atomic E-state index is 13.9. The minimum atomic E-state index is -0.410. The Bertz CT molecular complexity index is 3160. The van der Waals surface area contributed by atoms with Gasteiger partial charge in [0.05, 0.1) is 24.8 Å². The maximum atomic E-state index is 13.9. The summed E-state index contributed by atoms with van der Waals surface area (Å²) in [5, 5.41) is 16.5. The van der Waals surface area contributed by atoms with E-state index in [0.29, 0.717) is 34.7 Å². The van der Waals surface area contributed by atoms with Crippen LogP contribution in [0.3, 0.4) is 0 Å². The summed E-state index contributed by atoms with van der Waals surface area (Å²) < 4.78 is 31.4. The fourth-order valence-electron chi connectivity index (χ4n) is 10.2. The van der Waals surface area contributed by atoms with Gasteiger partial charge in [-0.2, -0.15) is 29.2 Å². The van der Waals surface area contributed by atoms with Crippen LogP contribution in [0.25, 0.3) is 45.2 Å². The number of allylic oxidation sites excluding steroid dienone is 6. The number of halogens is 2. The third-order valence-corrected chi connectivity index (χ3v) is 13.9. The van der Waals surface area contributed by atoms with Gasteiger partial charge in [-0.1, -0.05) is 112 Å². The third kappa shape index (κ3) is 9.13. The number of nitrogens with zero attached hydrogens (tertiary/aromatic N) is 10. The van der Waals surface area contributed by atoms with Gasteiger partial charge in [0.15, 0.2) is 22.9 Å². The number of hydrogen-bond acceptors (Lipinski definition) is 10. The first kappa shape index (κ1) is 44.7. The summed E-state index contributed by atoms with van der Waals surface area (Å²) in [6.07, 6.45) is 22.1. The molecule has 0 saturated heterocycles. The molecule has 352 valence electrons. The van der Waals surface area contributed by atoms with E-state index in [9.17, 15) is 8.78 Å². The van der Waals surface area contributed by atoms with Gasteiger partial charge < -0.3 is 10.6 Å². The summed E-state index contributed by atoms with van der Waals surface area (Å²) in [6, 6.07) is 24.5. The van der Waals surface area contributed by atoms with E-state index in [0.717, 1.165) is 73.8 Å². The number of anilines is 2. The summed E-state index contributed by atoms with van der Waals surface area (Å²) in [6.45, 7) is 8.45. The van der Waals surface area contributed by atoms with Crippen LogP contribution in [-0.2, 0) is 0 Å². The van der Waals surface area contributed by atoms with Gasteiger partial charge in [0.25, 0.3) is 0 Å². The molecule has 6 heterocycles. The molecule has 0 saturated carbocycles. The predicted molar refractivity (Wildman–Crippen MR) is 271 cm³/mol. The van der Waals surface area contributed by atoms with E-state index in [2.05, 4.69) is 131 Å². The van der Waals surface area contributed by atoms with Crippen molar-refractivity contribution in [3.63, 3.8) is 0 Å². The molecular formula is C56H54F2N12. The summed E-state index contributed by atoms with van der Waals surface area (Å²) in [5.41, 5.74) is 16.0. The highest BCUT2D eigenvalue weighted by Crippen LogP contribution is 2.42. The van der Waals surface area contributed by atoms with Crippen LogP contribution >= 0.6 is 0 Å². The summed E-state index contributed by atoms with van der Waals surface area (Å²) >= 11 is 0. The molecule has 4 aliphatic rings. The molecular weight excluding hydrogens is 879 g/mol. The van der Waals surface area contributed by atoms with E-state index in [1.807, 2.05) is 12.4 Å². The molecule has 2 N–H and O–H groups in total. The van der Waals surface area contributed by atoms with Gasteiger partial charge >= 0.3 is 0 Å². The number of pyridine rings is 2. The Kier molecular flexibility index (Phi) is 12.1. The molecule has 0 radical (unpaired) electrons. The molecule has 70 heavy (non-hydrogen) atoms. The predicted octanol–water partition coefficient (Wildman–Crippen LogP) is 12.4. The van der Waals surface area contributed by atoms with Crippen LogP contribution in [0.1, 0.15) is 113 Å². The van der Waals surface area contributed by atoms with Gasteiger partial charge in [0, 0.05) is 46.7 Å². The molecule has 0 amide bonds. The van der Waals surface area contributed by atoms with E-state index in [1.54, 1.807) is 32.6 Å². The number of hydrogen-bond donors (Lipinski definition) is 2. The lowest BCUT2D eigenvalue weighted by Crippen LogP contribution is -2.25. The summed E-state index contributed by atoms with van der Waals surface area (Å²) in [5.74, 6) is 1.81. The normalized spacial score (nSPS) is 17.7. The molecule has 0 unspecified atom stereocenters. The first-order chi connectivity index (χ1) is 34.1. The van der Waals surface area contributed by atoms with Crippen LogP contribution in [0.2, 0.25) is 0 Å². The first-order valence-electron chi connectivity index (χ1n) is 24.3. The smallest absolute Gasteiger partial charge is 0.228 e. The molecule has 12 nitrogen and oxygen atoms in total. The lowest BCUT2D eigenvalue weighted by atomic mass is 9.89. The zero-order valence-corrected chi connectivity index (χ0v) is 39.7. The Morgan fingerprint density at radius 1 is 0.529 bits per heavy atom. The van der Waals surface area contributed by atoms with Crippen LogP contribution < -0.4 is 10.6 Å². The summed E-state index contributed by atoms with van der Waals surface area (Å²) in [4.78, 5) is 27.0. The number of aromatic nitrogens is 10. The quantitative estimate of drug-likeness (QED) is 0.136. The standard InChI is InChI=1S/2C28H27FN6/c2*1-17(2)25-16-31-35-27(25)33-26(22-12-23(29)15-30-14-22)34-28(35)32-24-9-8-19-10-20(11-21(19)13-24)18-6-4-3-5-7-18/h2*3-7,11-12,14-17,24H,8-10,13H2,1-2H3,(H,32,33,34)/t2*24-/m10/s1. The van der Waals surface area contributed by atoms with Crippen molar-refractivity contribution < 1.29 is 8.78 Å². The van der Waals surface area contributed by atoms with Gasteiger partial charge in [-0.15, -0.1) is 0 Å². The molecule has 6 aromatic heterocycles. The van der Waals surface area contributed by atoms with E-state index < -0.39 is 11.6 Å². The molecule has 0 spiro atoms. The number of fused-ring (bicyclic) bond motifs is 2. The van der Waals surface area contributed by atoms with Crippen molar-refractivity contribution in [3.8, 4) is 22.8 Å². The molecule has 0 bridgehead atoms. The van der Waals surface area contributed by atoms with Crippen LogP contribution in [0.15, 0.2) is 144 Å². The van der Waals surface area contributed by atoms with E-state index in [4.69, 9.17) is 19.9 Å². The zero-order chi connectivity index (χ0) is 47.9. The molecule has 2 atom stereocenters. The Balaban J connectivity index is 0.000000152.